The summed E-state index contributed by atoms with van der Waals surface area (Å²) in [6, 6.07) is 15.8. The molecule has 0 atom stereocenters. The smallest absolute Gasteiger partial charge is 0.125 e. The van der Waals surface area contributed by atoms with Gasteiger partial charge in [-0.25, -0.2) is 0 Å². The van der Waals surface area contributed by atoms with E-state index in [-0.39, 0.29) is 0 Å². The number of nitrogens with zero attached hydrogens (tertiary/aromatic N) is 1. The second-order valence-corrected chi connectivity index (χ2v) is 5.65. The van der Waals surface area contributed by atoms with Crippen LogP contribution in [-0.4, -0.2) is 13.7 Å². The minimum absolute atomic E-state index is 0.467. The van der Waals surface area contributed by atoms with E-state index in [4.69, 9.17) is 14.7 Å². The second-order valence-electron chi connectivity index (χ2n) is 5.65. The number of benzene rings is 2. The van der Waals surface area contributed by atoms with E-state index in [1.807, 2.05) is 36.4 Å². The third kappa shape index (κ3) is 4.09. The summed E-state index contributed by atoms with van der Waals surface area (Å²) in [5, 5.41) is 8.88. The second kappa shape index (κ2) is 7.63. The highest BCUT2D eigenvalue weighted by Gasteiger charge is 2.08. The van der Waals surface area contributed by atoms with Crippen LogP contribution < -0.4 is 4.74 Å². The molecule has 0 bridgehead atoms. The summed E-state index contributed by atoms with van der Waals surface area (Å²) in [4.78, 5) is 0. The molecule has 0 heterocycles. The lowest BCUT2D eigenvalue weighted by Crippen LogP contribution is -2.06. The van der Waals surface area contributed by atoms with Crippen molar-refractivity contribution >= 4 is 0 Å². The van der Waals surface area contributed by atoms with Crippen LogP contribution in [0.15, 0.2) is 42.5 Å². The molecular weight excluding hydrogens is 274 g/mol. The fraction of sp³-hybridized carbons (Fsp3) is 0.316. The van der Waals surface area contributed by atoms with E-state index < -0.39 is 0 Å². The largest absolute Gasteiger partial charge is 0.493 e. The van der Waals surface area contributed by atoms with Gasteiger partial charge in [0.25, 0.3) is 0 Å². The maximum atomic E-state index is 8.88. The van der Waals surface area contributed by atoms with Crippen molar-refractivity contribution < 1.29 is 9.47 Å². The van der Waals surface area contributed by atoms with Crippen molar-refractivity contribution in [3.63, 3.8) is 0 Å². The monoisotopic (exact) mass is 295 g/mol. The normalized spacial score (nSPS) is 10.5. The van der Waals surface area contributed by atoms with E-state index in [0.29, 0.717) is 24.7 Å². The number of rotatable bonds is 6. The highest BCUT2D eigenvalue weighted by Crippen LogP contribution is 2.28. The van der Waals surface area contributed by atoms with E-state index in [0.717, 1.165) is 22.4 Å². The molecule has 0 spiro atoms. The Hall–Kier alpha value is -2.31. The topological polar surface area (TPSA) is 42.2 Å². The van der Waals surface area contributed by atoms with Gasteiger partial charge < -0.3 is 9.47 Å². The Kier molecular flexibility index (Phi) is 5.57. The average Bonchev–Trinajstić information content (AvgIpc) is 2.54. The third-order valence-electron chi connectivity index (χ3n) is 3.29. The summed E-state index contributed by atoms with van der Waals surface area (Å²) in [7, 11) is 1.68. The van der Waals surface area contributed by atoms with E-state index in [1.165, 1.54) is 0 Å². The van der Waals surface area contributed by atoms with Crippen LogP contribution >= 0.6 is 0 Å². The fourth-order valence-corrected chi connectivity index (χ4v) is 2.14. The van der Waals surface area contributed by atoms with Crippen molar-refractivity contribution in [2.75, 3.05) is 13.7 Å². The zero-order valence-electron chi connectivity index (χ0n) is 13.3. The molecule has 114 valence electrons. The Morgan fingerprint density at radius 1 is 1.05 bits per heavy atom. The van der Waals surface area contributed by atoms with Crippen LogP contribution in [0.2, 0.25) is 0 Å². The molecular formula is C19H21NO2. The van der Waals surface area contributed by atoms with Gasteiger partial charge in [0.2, 0.25) is 0 Å². The van der Waals surface area contributed by atoms with Crippen LogP contribution in [0.1, 0.15) is 25.0 Å². The van der Waals surface area contributed by atoms with Crippen molar-refractivity contribution in [3.05, 3.63) is 53.6 Å². The summed E-state index contributed by atoms with van der Waals surface area (Å²) in [5.41, 5.74) is 3.84. The highest BCUT2D eigenvalue weighted by atomic mass is 16.5. The summed E-state index contributed by atoms with van der Waals surface area (Å²) in [5.74, 6) is 1.33. The maximum absolute atomic E-state index is 8.88. The molecule has 3 nitrogen and oxygen atoms in total. The highest BCUT2D eigenvalue weighted by molar-refractivity contribution is 5.66. The zero-order chi connectivity index (χ0) is 15.9. The van der Waals surface area contributed by atoms with Crippen molar-refractivity contribution in [2.24, 2.45) is 5.92 Å². The average molecular weight is 295 g/mol. The van der Waals surface area contributed by atoms with Gasteiger partial charge in [-0.05, 0) is 35.2 Å². The molecule has 2 aromatic rings. The lowest BCUT2D eigenvalue weighted by atomic mass is 10.0. The number of ether oxygens (including phenoxy) is 2. The van der Waals surface area contributed by atoms with E-state index in [2.05, 4.69) is 26.0 Å². The molecule has 0 aromatic heterocycles. The number of hydrogen-bond donors (Lipinski definition) is 0. The SMILES string of the molecule is COCc1ccc(-c2ccc(C#N)cc2)cc1OCC(C)C. The Bertz CT molecular complexity index is 654. The first-order chi connectivity index (χ1) is 10.6. The first-order valence-electron chi connectivity index (χ1n) is 7.39. The molecule has 2 rings (SSSR count). The molecule has 0 aliphatic carbocycles. The molecule has 3 heteroatoms. The number of hydrogen-bond acceptors (Lipinski definition) is 3. The van der Waals surface area contributed by atoms with Crippen LogP contribution in [0.25, 0.3) is 11.1 Å². The fourth-order valence-electron chi connectivity index (χ4n) is 2.14. The lowest BCUT2D eigenvalue weighted by molar-refractivity contribution is 0.178. The summed E-state index contributed by atoms with van der Waals surface area (Å²) in [6.07, 6.45) is 0. The van der Waals surface area contributed by atoms with Gasteiger partial charge >= 0.3 is 0 Å². The van der Waals surface area contributed by atoms with E-state index in [9.17, 15) is 0 Å². The van der Waals surface area contributed by atoms with Gasteiger partial charge in [-0.2, -0.15) is 5.26 Å². The molecule has 0 aliphatic rings. The van der Waals surface area contributed by atoms with Gasteiger partial charge in [0.1, 0.15) is 5.75 Å². The molecule has 0 saturated carbocycles. The molecule has 0 radical (unpaired) electrons. The van der Waals surface area contributed by atoms with Gasteiger partial charge in [-0.3, -0.25) is 0 Å². The molecule has 22 heavy (non-hydrogen) atoms. The van der Waals surface area contributed by atoms with Crippen molar-refractivity contribution in [1.82, 2.24) is 0 Å². The Labute approximate surface area is 132 Å². The van der Waals surface area contributed by atoms with Gasteiger partial charge in [-0.1, -0.05) is 38.1 Å². The number of methoxy groups -OCH3 is 1. The van der Waals surface area contributed by atoms with Gasteiger partial charge in [0.15, 0.2) is 0 Å². The Morgan fingerprint density at radius 3 is 2.32 bits per heavy atom. The maximum Gasteiger partial charge on any atom is 0.125 e. The first kappa shape index (κ1) is 16.1. The van der Waals surface area contributed by atoms with Crippen LogP contribution in [0, 0.1) is 17.2 Å². The summed E-state index contributed by atoms with van der Waals surface area (Å²) >= 11 is 0. The van der Waals surface area contributed by atoms with Gasteiger partial charge in [0, 0.05) is 12.7 Å². The van der Waals surface area contributed by atoms with Crippen LogP contribution in [0.4, 0.5) is 0 Å². The van der Waals surface area contributed by atoms with E-state index >= 15 is 0 Å². The molecule has 2 aromatic carbocycles. The summed E-state index contributed by atoms with van der Waals surface area (Å²) < 4.78 is 11.2. The molecule has 0 amide bonds. The lowest BCUT2D eigenvalue weighted by Gasteiger charge is -2.14. The van der Waals surface area contributed by atoms with Crippen molar-refractivity contribution in [2.45, 2.75) is 20.5 Å². The van der Waals surface area contributed by atoms with E-state index in [1.54, 1.807) is 7.11 Å². The van der Waals surface area contributed by atoms with Crippen LogP contribution in [0.3, 0.4) is 0 Å². The third-order valence-corrected chi connectivity index (χ3v) is 3.29. The molecule has 0 fully saturated rings. The predicted octanol–water partition coefficient (Wildman–Crippen LogP) is 4.41. The molecule has 0 aliphatic heterocycles. The number of nitriles is 1. The summed E-state index contributed by atoms with van der Waals surface area (Å²) in [6.45, 7) is 5.45. The van der Waals surface area contributed by atoms with Crippen molar-refractivity contribution in [3.8, 4) is 22.9 Å². The predicted molar refractivity (Wildman–Crippen MR) is 87.6 cm³/mol. The van der Waals surface area contributed by atoms with Gasteiger partial charge in [-0.15, -0.1) is 0 Å². The Balaban J connectivity index is 2.31. The first-order valence-corrected chi connectivity index (χ1v) is 7.39. The zero-order valence-corrected chi connectivity index (χ0v) is 13.3. The molecule has 0 unspecified atom stereocenters. The minimum atomic E-state index is 0.467. The minimum Gasteiger partial charge on any atom is -0.493 e. The van der Waals surface area contributed by atoms with Crippen LogP contribution in [0.5, 0.6) is 5.75 Å². The van der Waals surface area contributed by atoms with Crippen molar-refractivity contribution in [1.29, 1.82) is 5.26 Å². The molecule has 0 saturated heterocycles. The van der Waals surface area contributed by atoms with Crippen LogP contribution in [-0.2, 0) is 11.3 Å². The standard InChI is InChI=1S/C19H21NO2/c1-14(2)12-22-19-10-17(8-9-18(19)13-21-3)16-6-4-15(11-20)5-7-16/h4-10,14H,12-13H2,1-3H3. The molecule has 0 N–H and O–H groups in total. The Morgan fingerprint density at radius 2 is 1.73 bits per heavy atom. The quantitative estimate of drug-likeness (QED) is 0.793. The van der Waals surface area contributed by atoms with Gasteiger partial charge in [0.05, 0.1) is 24.8 Å².